The zero-order chi connectivity index (χ0) is 16.2. The number of aliphatic imine (C=N–C) groups is 1. The summed E-state index contributed by atoms with van der Waals surface area (Å²) in [5.41, 5.74) is 6.81. The van der Waals surface area contributed by atoms with Crippen LogP contribution < -0.4 is 15.8 Å². The highest BCUT2D eigenvalue weighted by molar-refractivity contribution is 5.92. The van der Waals surface area contributed by atoms with Crippen molar-refractivity contribution in [1.82, 2.24) is 14.8 Å². The number of ether oxygens (including phenoxy) is 1. The molecule has 1 aromatic heterocycles. The average Bonchev–Trinajstić information content (AvgIpc) is 3.10. The second-order valence-corrected chi connectivity index (χ2v) is 5.81. The third-order valence-electron chi connectivity index (χ3n) is 3.58. The van der Waals surface area contributed by atoms with Crippen molar-refractivity contribution in [2.75, 3.05) is 5.32 Å². The van der Waals surface area contributed by atoms with Gasteiger partial charge in [0.15, 0.2) is 11.8 Å². The second kappa shape index (κ2) is 6.68. The number of rotatable bonds is 5. The van der Waals surface area contributed by atoms with Gasteiger partial charge < -0.3 is 20.4 Å². The largest absolute Gasteiger partial charge is 0.491 e. The Morgan fingerprint density at radius 1 is 1.35 bits per heavy atom. The van der Waals surface area contributed by atoms with Crippen LogP contribution in [0.4, 0.5) is 5.69 Å². The van der Waals surface area contributed by atoms with Crippen molar-refractivity contribution >= 4 is 11.6 Å². The summed E-state index contributed by atoms with van der Waals surface area (Å²) in [6, 6.07) is 7.63. The Kier molecular flexibility index (Phi) is 4.45. The van der Waals surface area contributed by atoms with E-state index in [4.69, 9.17) is 10.5 Å². The molecule has 122 valence electrons. The number of guanidine groups is 1. The first kappa shape index (κ1) is 15.3. The minimum Gasteiger partial charge on any atom is -0.491 e. The fourth-order valence-electron chi connectivity index (χ4n) is 2.56. The Bertz CT molecular complexity index is 689. The van der Waals surface area contributed by atoms with Gasteiger partial charge in [0, 0.05) is 18.7 Å². The molecule has 2 heterocycles. The third kappa shape index (κ3) is 3.80. The number of nitrogens with two attached hydrogens (primary N) is 1. The number of nitrogens with one attached hydrogen (secondary N) is 1. The Morgan fingerprint density at radius 2 is 2.13 bits per heavy atom. The monoisotopic (exact) mass is 314 g/mol. The number of aryl methyl sites for hydroxylation is 1. The number of anilines is 1. The molecule has 3 N–H and O–H groups in total. The molecule has 0 aliphatic carbocycles. The van der Waals surface area contributed by atoms with Gasteiger partial charge >= 0.3 is 0 Å². The first-order valence-corrected chi connectivity index (χ1v) is 7.86. The van der Waals surface area contributed by atoms with Crippen LogP contribution in [0.5, 0.6) is 5.75 Å². The predicted octanol–water partition coefficient (Wildman–Crippen LogP) is 1.94. The van der Waals surface area contributed by atoms with E-state index >= 15 is 0 Å². The highest BCUT2D eigenvalue weighted by atomic mass is 16.5. The van der Waals surface area contributed by atoms with Crippen LogP contribution in [0.1, 0.15) is 31.9 Å². The molecule has 1 aliphatic rings. The van der Waals surface area contributed by atoms with Crippen molar-refractivity contribution in [3.8, 4) is 5.75 Å². The molecule has 0 spiro atoms. The van der Waals surface area contributed by atoms with Gasteiger partial charge in [-0.2, -0.15) is 0 Å². The molecule has 0 saturated carbocycles. The molecule has 2 aromatic rings. The molecule has 0 fully saturated rings. The van der Waals surface area contributed by atoms with Gasteiger partial charge in [-0.05, 0) is 44.5 Å². The number of fused-ring (bicyclic) bond motifs is 1. The van der Waals surface area contributed by atoms with Crippen LogP contribution in [0.25, 0.3) is 0 Å². The van der Waals surface area contributed by atoms with Crippen molar-refractivity contribution in [2.24, 2.45) is 10.7 Å². The van der Waals surface area contributed by atoms with Gasteiger partial charge in [-0.15, -0.1) is 10.2 Å². The Labute approximate surface area is 135 Å². The van der Waals surface area contributed by atoms with Gasteiger partial charge in [0.25, 0.3) is 0 Å². The zero-order valence-corrected chi connectivity index (χ0v) is 13.5. The van der Waals surface area contributed by atoms with Crippen LogP contribution in [0, 0.1) is 0 Å². The summed E-state index contributed by atoms with van der Waals surface area (Å²) in [5.74, 6) is 3.10. The predicted molar refractivity (Wildman–Crippen MR) is 89.5 cm³/mol. The van der Waals surface area contributed by atoms with Crippen molar-refractivity contribution in [3.05, 3.63) is 35.9 Å². The van der Waals surface area contributed by atoms with E-state index in [0.29, 0.717) is 12.5 Å². The van der Waals surface area contributed by atoms with E-state index in [9.17, 15) is 0 Å². The first-order chi connectivity index (χ1) is 11.1. The fraction of sp³-hybridized carbons (Fsp3) is 0.438. The van der Waals surface area contributed by atoms with Gasteiger partial charge in [-0.1, -0.05) is 0 Å². The molecule has 0 bridgehead atoms. The smallest absolute Gasteiger partial charge is 0.193 e. The summed E-state index contributed by atoms with van der Waals surface area (Å²) < 4.78 is 7.73. The minimum atomic E-state index is 0.158. The molecule has 7 nitrogen and oxygen atoms in total. The van der Waals surface area contributed by atoms with Gasteiger partial charge in [0.2, 0.25) is 0 Å². The van der Waals surface area contributed by atoms with Crippen molar-refractivity contribution in [1.29, 1.82) is 0 Å². The van der Waals surface area contributed by atoms with Crippen LogP contribution in [0.3, 0.4) is 0 Å². The number of hydrogen-bond donors (Lipinski definition) is 2. The molecular weight excluding hydrogens is 292 g/mol. The normalized spacial score (nSPS) is 14.1. The van der Waals surface area contributed by atoms with Crippen LogP contribution in [-0.4, -0.2) is 26.8 Å². The second-order valence-electron chi connectivity index (χ2n) is 5.81. The van der Waals surface area contributed by atoms with Crippen molar-refractivity contribution in [3.63, 3.8) is 0 Å². The van der Waals surface area contributed by atoms with E-state index in [2.05, 4.69) is 25.1 Å². The standard InChI is InChI=1S/C16H22N6O/c1-11(2)23-13-7-5-12(6-8-13)19-16(17)18-10-15-21-20-14-4-3-9-22(14)15/h5-8,11H,3-4,9-10H2,1-2H3,(H3,17,18,19). The van der Waals surface area contributed by atoms with Gasteiger partial charge in [-0.3, -0.25) is 0 Å². The first-order valence-electron chi connectivity index (χ1n) is 7.86. The summed E-state index contributed by atoms with van der Waals surface area (Å²) in [4.78, 5) is 4.34. The van der Waals surface area contributed by atoms with Crippen LogP contribution >= 0.6 is 0 Å². The molecule has 1 aromatic carbocycles. The highest BCUT2D eigenvalue weighted by Gasteiger charge is 2.16. The molecular formula is C16H22N6O. The molecule has 0 amide bonds. The fourth-order valence-corrected chi connectivity index (χ4v) is 2.56. The van der Waals surface area contributed by atoms with Crippen molar-refractivity contribution < 1.29 is 4.74 Å². The van der Waals surface area contributed by atoms with Gasteiger partial charge in [0.05, 0.1) is 6.10 Å². The van der Waals surface area contributed by atoms with E-state index in [1.807, 2.05) is 38.1 Å². The van der Waals surface area contributed by atoms with Crippen LogP contribution in [-0.2, 0) is 19.5 Å². The molecule has 0 saturated heterocycles. The molecule has 0 unspecified atom stereocenters. The highest BCUT2D eigenvalue weighted by Crippen LogP contribution is 2.17. The number of hydrogen-bond acceptors (Lipinski definition) is 4. The average molecular weight is 314 g/mol. The quantitative estimate of drug-likeness (QED) is 0.650. The topological polar surface area (TPSA) is 90.3 Å². The van der Waals surface area contributed by atoms with E-state index in [-0.39, 0.29) is 6.10 Å². The van der Waals surface area contributed by atoms with Gasteiger partial charge in [0.1, 0.15) is 18.1 Å². The van der Waals surface area contributed by atoms with Crippen LogP contribution in [0.2, 0.25) is 0 Å². The lowest BCUT2D eigenvalue weighted by molar-refractivity contribution is 0.242. The Balaban J connectivity index is 1.58. The van der Waals surface area contributed by atoms with E-state index in [1.54, 1.807) is 0 Å². The zero-order valence-electron chi connectivity index (χ0n) is 13.5. The number of benzene rings is 1. The van der Waals surface area contributed by atoms with Crippen molar-refractivity contribution in [2.45, 2.75) is 45.9 Å². The maximum atomic E-state index is 5.94. The third-order valence-corrected chi connectivity index (χ3v) is 3.58. The summed E-state index contributed by atoms with van der Waals surface area (Å²) in [6.45, 7) is 5.40. The number of aromatic nitrogens is 3. The summed E-state index contributed by atoms with van der Waals surface area (Å²) in [6.07, 6.45) is 2.28. The lowest BCUT2D eigenvalue weighted by atomic mass is 10.3. The summed E-state index contributed by atoms with van der Waals surface area (Å²) in [7, 11) is 0. The molecule has 3 rings (SSSR count). The SMILES string of the molecule is CC(C)Oc1ccc(NC(N)=NCc2nnc3n2CCC3)cc1. The Hall–Kier alpha value is -2.57. The molecule has 1 aliphatic heterocycles. The molecule has 0 radical (unpaired) electrons. The molecule has 23 heavy (non-hydrogen) atoms. The van der Waals surface area contributed by atoms with Crippen LogP contribution in [0.15, 0.2) is 29.3 Å². The Morgan fingerprint density at radius 3 is 2.87 bits per heavy atom. The lowest BCUT2D eigenvalue weighted by Gasteiger charge is -2.10. The summed E-state index contributed by atoms with van der Waals surface area (Å²) in [5, 5.41) is 11.4. The van der Waals surface area contributed by atoms with Gasteiger partial charge in [-0.25, -0.2) is 4.99 Å². The molecule has 7 heteroatoms. The van der Waals surface area contributed by atoms with E-state index in [1.165, 1.54) is 0 Å². The van der Waals surface area contributed by atoms with E-state index in [0.717, 1.165) is 42.5 Å². The maximum Gasteiger partial charge on any atom is 0.193 e. The molecule has 0 atom stereocenters. The minimum absolute atomic E-state index is 0.158. The maximum absolute atomic E-state index is 5.94. The van der Waals surface area contributed by atoms with E-state index < -0.39 is 0 Å². The number of nitrogens with zero attached hydrogens (tertiary/aromatic N) is 4. The lowest BCUT2D eigenvalue weighted by Crippen LogP contribution is -2.22. The summed E-state index contributed by atoms with van der Waals surface area (Å²) >= 11 is 0.